The van der Waals surface area contributed by atoms with E-state index in [4.69, 9.17) is 11.6 Å². The number of nitrogens with zero attached hydrogens (tertiary/aromatic N) is 2. The van der Waals surface area contributed by atoms with E-state index in [-0.39, 0.29) is 11.8 Å². The van der Waals surface area contributed by atoms with Gasteiger partial charge < -0.3 is 9.88 Å². The van der Waals surface area contributed by atoms with Gasteiger partial charge >= 0.3 is 0 Å². The van der Waals surface area contributed by atoms with E-state index in [1.807, 2.05) is 24.3 Å². The van der Waals surface area contributed by atoms with Crippen LogP contribution in [0, 0.1) is 12.8 Å². The predicted molar refractivity (Wildman–Crippen MR) is 144 cm³/mol. The number of aromatic nitrogens is 1. The Kier molecular flexibility index (Phi) is 7.21. The molecule has 0 bridgehead atoms. The summed E-state index contributed by atoms with van der Waals surface area (Å²) in [5.41, 5.74) is 6.20. The fourth-order valence-corrected chi connectivity index (χ4v) is 5.20. The highest BCUT2D eigenvalue weighted by molar-refractivity contribution is 6.30. The molecule has 5 heteroatoms. The Bertz CT molecular complexity index is 1300. The number of para-hydroxylation sites is 1. The summed E-state index contributed by atoms with van der Waals surface area (Å²) in [6, 6.07) is 27.2. The minimum atomic E-state index is 0.0928. The molecule has 0 saturated carbocycles. The number of amides is 1. The molecule has 0 spiro atoms. The Labute approximate surface area is 212 Å². The highest BCUT2D eigenvalue weighted by Crippen LogP contribution is 2.25. The van der Waals surface area contributed by atoms with Crippen LogP contribution in [-0.2, 0) is 24.4 Å². The predicted octanol–water partition coefficient (Wildman–Crippen LogP) is 6.18. The maximum atomic E-state index is 12.8. The van der Waals surface area contributed by atoms with Gasteiger partial charge in [0.25, 0.3) is 0 Å². The highest BCUT2D eigenvalue weighted by Gasteiger charge is 2.25. The number of nitrogens with one attached hydrogen (secondary N) is 1. The molecule has 4 aromatic rings. The number of carbonyl (C=O) groups excluding carboxylic acids is 1. The Morgan fingerprint density at radius 1 is 0.943 bits per heavy atom. The van der Waals surface area contributed by atoms with Crippen LogP contribution in [0.5, 0.6) is 0 Å². The zero-order valence-corrected chi connectivity index (χ0v) is 21.0. The molecule has 1 fully saturated rings. The van der Waals surface area contributed by atoms with Crippen LogP contribution in [0.3, 0.4) is 0 Å². The van der Waals surface area contributed by atoms with Crippen LogP contribution < -0.4 is 5.32 Å². The molecule has 0 aliphatic carbocycles. The number of carbonyl (C=O) groups is 1. The van der Waals surface area contributed by atoms with Crippen LogP contribution in [0.2, 0.25) is 5.02 Å². The second-order valence-corrected chi connectivity index (χ2v) is 10.0. The molecule has 1 N–H and O–H groups in total. The molecule has 180 valence electrons. The van der Waals surface area contributed by atoms with E-state index < -0.39 is 0 Å². The first-order valence-electron chi connectivity index (χ1n) is 12.4. The summed E-state index contributed by atoms with van der Waals surface area (Å²) in [5, 5.41) is 5.19. The van der Waals surface area contributed by atoms with Crippen LogP contribution in [0.4, 0.5) is 0 Å². The molecule has 4 nitrogen and oxygen atoms in total. The molecular weight excluding hydrogens is 454 g/mol. The van der Waals surface area contributed by atoms with Crippen molar-refractivity contribution < 1.29 is 4.79 Å². The maximum absolute atomic E-state index is 12.8. The molecular formula is C30H32ClN3O. The quantitative estimate of drug-likeness (QED) is 0.339. The van der Waals surface area contributed by atoms with E-state index in [0.717, 1.165) is 44.0 Å². The Morgan fingerprint density at radius 2 is 1.66 bits per heavy atom. The van der Waals surface area contributed by atoms with Gasteiger partial charge in [-0.2, -0.15) is 0 Å². The van der Waals surface area contributed by atoms with Crippen LogP contribution in [0.1, 0.15) is 35.2 Å². The third kappa shape index (κ3) is 5.61. The van der Waals surface area contributed by atoms with Gasteiger partial charge in [0, 0.05) is 41.8 Å². The first-order valence-corrected chi connectivity index (χ1v) is 12.8. The molecule has 5 rings (SSSR count). The van der Waals surface area contributed by atoms with E-state index >= 15 is 0 Å². The number of halogens is 1. The van der Waals surface area contributed by atoms with Crippen LogP contribution in [-0.4, -0.2) is 28.5 Å². The molecule has 1 amide bonds. The molecule has 0 radical (unpaired) electrons. The van der Waals surface area contributed by atoms with Gasteiger partial charge in [0.2, 0.25) is 5.91 Å². The van der Waals surface area contributed by atoms with E-state index in [0.29, 0.717) is 6.54 Å². The summed E-state index contributed by atoms with van der Waals surface area (Å²) < 4.78 is 2.42. The molecule has 1 aliphatic heterocycles. The monoisotopic (exact) mass is 485 g/mol. The summed E-state index contributed by atoms with van der Waals surface area (Å²) >= 11 is 6.10. The fraction of sp³-hybridized carbons (Fsp3) is 0.300. The lowest BCUT2D eigenvalue weighted by molar-refractivity contribution is -0.126. The third-order valence-corrected chi connectivity index (χ3v) is 7.46. The average Bonchev–Trinajstić information content (AvgIpc) is 3.22. The number of aryl methyl sites for hydroxylation is 1. The van der Waals surface area contributed by atoms with Gasteiger partial charge in [-0.15, -0.1) is 0 Å². The lowest BCUT2D eigenvalue weighted by Crippen LogP contribution is -2.40. The standard InChI is InChI=1S/C30H32ClN3O/c1-22-6-2-3-8-26(22)19-32-30(35)24-14-16-33(17-15-24)21-28-18-25-7-4-5-9-29(25)34(28)20-23-10-12-27(31)13-11-23/h2-13,18,24H,14-17,19-21H2,1H3,(H,32,35). The summed E-state index contributed by atoms with van der Waals surface area (Å²) in [6.45, 7) is 6.27. The maximum Gasteiger partial charge on any atom is 0.223 e. The van der Waals surface area contributed by atoms with Crippen molar-refractivity contribution in [1.82, 2.24) is 14.8 Å². The largest absolute Gasteiger partial charge is 0.352 e. The van der Waals surface area contributed by atoms with Crippen molar-refractivity contribution in [2.45, 2.75) is 39.4 Å². The SMILES string of the molecule is Cc1ccccc1CNC(=O)C1CCN(Cc2cc3ccccc3n2Cc2ccc(Cl)cc2)CC1. The van der Waals surface area contributed by atoms with Crippen molar-refractivity contribution in [3.63, 3.8) is 0 Å². The number of benzene rings is 3. The number of fused-ring (bicyclic) bond motifs is 1. The lowest BCUT2D eigenvalue weighted by Gasteiger charge is -2.31. The summed E-state index contributed by atoms with van der Waals surface area (Å²) in [7, 11) is 0. The van der Waals surface area contributed by atoms with Gasteiger partial charge in [-0.25, -0.2) is 0 Å². The van der Waals surface area contributed by atoms with Gasteiger partial charge in [0.05, 0.1) is 0 Å². The molecule has 0 unspecified atom stereocenters. The van der Waals surface area contributed by atoms with Gasteiger partial charge in [0.15, 0.2) is 0 Å². The van der Waals surface area contributed by atoms with Crippen molar-refractivity contribution in [2.75, 3.05) is 13.1 Å². The Hall–Kier alpha value is -3.08. The molecule has 35 heavy (non-hydrogen) atoms. The number of piperidine rings is 1. The molecule has 3 aromatic carbocycles. The van der Waals surface area contributed by atoms with Gasteiger partial charge in [0.1, 0.15) is 0 Å². The van der Waals surface area contributed by atoms with Gasteiger partial charge in [-0.1, -0.05) is 66.2 Å². The summed E-state index contributed by atoms with van der Waals surface area (Å²) in [5.74, 6) is 0.278. The van der Waals surface area contributed by atoms with Crippen LogP contribution in [0.15, 0.2) is 78.9 Å². The smallest absolute Gasteiger partial charge is 0.223 e. The summed E-state index contributed by atoms with van der Waals surface area (Å²) in [4.78, 5) is 15.3. The van der Waals surface area contributed by atoms with Crippen molar-refractivity contribution in [2.24, 2.45) is 5.92 Å². The highest BCUT2D eigenvalue weighted by atomic mass is 35.5. The molecule has 1 aromatic heterocycles. The second kappa shape index (κ2) is 10.7. The number of hydrogen-bond donors (Lipinski definition) is 1. The minimum absolute atomic E-state index is 0.0928. The molecule has 2 heterocycles. The number of likely N-dealkylation sites (tertiary alicyclic amines) is 1. The van der Waals surface area contributed by atoms with E-state index in [2.05, 4.69) is 76.3 Å². The normalized spacial score (nSPS) is 14.9. The lowest BCUT2D eigenvalue weighted by atomic mass is 9.95. The van der Waals surface area contributed by atoms with E-state index in [9.17, 15) is 4.79 Å². The zero-order valence-electron chi connectivity index (χ0n) is 20.2. The van der Waals surface area contributed by atoms with Crippen LogP contribution in [0.25, 0.3) is 10.9 Å². The minimum Gasteiger partial charge on any atom is -0.352 e. The summed E-state index contributed by atoms with van der Waals surface area (Å²) in [6.07, 6.45) is 1.80. The van der Waals surface area contributed by atoms with Crippen molar-refractivity contribution in [3.05, 3.63) is 106 Å². The molecule has 1 aliphatic rings. The average molecular weight is 486 g/mol. The number of rotatable bonds is 7. The topological polar surface area (TPSA) is 37.3 Å². The van der Waals surface area contributed by atoms with Crippen molar-refractivity contribution >= 4 is 28.4 Å². The second-order valence-electron chi connectivity index (χ2n) is 9.60. The van der Waals surface area contributed by atoms with Crippen molar-refractivity contribution in [1.29, 1.82) is 0 Å². The van der Waals surface area contributed by atoms with E-state index in [1.165, 1.54) is 33.3 Å². The molecule has 0 atom stereocenters. The van der Waals surface area contributed by atoms with Gasteiger partial charge in [-0.3, -0.25) is 9.69 Å². The van der Waals surface area contributed by atoms with Crippen molar-refractivity contribution in [3.8, 4) is 0 Å². The Balaban J connectivity index is 1.22. The molecule has 1 saturated heterocycles. The first kappa shape index (κ1) is 23.7. The fourth-order valence-electron chi connectivity index (χ4n) is 5.08. The zero-order chi connectivity index (χ0) is 24.2. The Morgan fingerprint density at radius 3 is 2.43 bits per heavy atom. The van der Waals surface area contributed by atoms with E-state index in [1.54, 1.807) is 0 Å². The van der Waals surface area contributed by atoms with Gasteiger partial charge in [-0.05, 0) is 79.2 Å². The first-order chi connectivity index (χ1) is 17.1. The third-order valence-electron chi connectivity index (χ3n) is 7.21. The van der Waals surface area contributed by atoms with Crippen LogP contribution >= 0.6 is 11.6 Å². The number of hydrogen-bond acceptors (Lipinski definition) is 2.